The summed E-state index contributed by atoms with van der Waals surface area (Å²) >= 11 is 1.78. The van der Waals surface area contributed by atoms with Crippen LogP contribution in [0.3, 0.4) is 0 Å². The normalized spacial score (nSPS) is 11.9. The van der Waals surface area contributed by atoms with Gasteiger partial charge in [0.05, 0.1) is 0 Å². The molecule has 0 aliphatic carbocycles. The average Bonchev–Trinajstić information content (AvgIpc) is 2.40. The SMILES string of the molecule is CC([TeH])c1ccc(C(=O)Nc2ccccc2)cc1. The number of hydrogen-bond acceptors (Lipinski definition) is 1. The Kier molecular flexibility index (Phi) is 4.41. The summed E-state index contributed by atoms with van der Waals surface area (Å²) in [6.45, 7) is 2.16. The Hall–Kier alpha value is -1.30. The predicted molar refractivity (Wildman–Crippen MR) is 76.4 cm³/mol. The summed E-state index contributed by atoms with van der Waals surface area (Å²) in [5.74, 6) is -0.0686. The van der Waals surface area contributed by atoms with Crippen molar-refractivity contribution in [3.05, 3.63) is 65.7 Å². The number of anilines is 1. The molecule has 1 N–H and O–H groups in total. The van der Waals surface area contributed by atoms with Gasteiger partial charge in [0.1, 0.15) is 0 Å². The summed E-state index contributed by atoms with van der Waals surface area (Å²) in [6.07, 6.45) is 0. The van der Waals surface area contributed by atoms with E-state index in [0.29, 0.717) is 9.53 Å². The molecule has 1 unspecified atom stereocenters. The van der Waals surface area contributed by atoms with Gasteiger partial charge < -0.3 is 0 Å². The molecule has 1 atom stereocenters. The van der Waals surface area contributed by atoms with Crippen molar-refractivity contribution in [2.45, 2.75) is 10.9 Å². The molecule has 2 aromatic rings. The van der Waals surface area contributed by atoms with Gasteiger partial charge in [-0.25, -0.2) is 0 Å². The van der Waals surface area contributed by atoms with Crippen LogP contribution in [-0.2, 0) is 0 Å². The standard InChI is InChI=1S/C15H15NOTe/c1-11(18)12-7-9-13(10-8-12)15(17)16-14-5-3-2-4-6-14/h2-11,18H,1H3,(H,16,17). The van der Waals surface area contributed by atoms with Crippen LogP contribution in [0.2, 0.25) is 0 Å². The summed E-state index contributed by atoms with van der Waals surface area (Å²) in [6, 6.07) is 17.3. The van der Waals surface area contributed by atoms with Gasteiger partial charge in [-0.1, -0.05) is 0 Å². The van der Waals surface area contributed by atoms with Crippen LogP contribution in [0, 0.1) is 0 Å². The Labute approximate surface area is 120 Å². The van der Waals surface area contributed by atoms with Crippen LogP contribution in [0.15, 0.2) is 54.6 Å². The fourth-order valence-corrected chi connectivity index (χ4v) is 2.13. The van der Waals surface area contributed by atoms with Gasteiger partial charge in [-0.3, -0.25) is 0 Å². The third kappa shape index (κ3) is 3.35. The second kappa shape index (κ2) is 6.04. The first kappa shape index (κ1) is 13.1. The molecule has 0 saturated heterocycles. The maximum absolute atomic E-state index is 12.0. The third-order valence-corrected chi connectivity index (χ3v) is 3.54. The molecular formula is C15H15NOTe. The monoisotopic (exact) mass is 355 g/mol. The number of hydrogen-bond donors (Lipinski definition) is 1. The molecular weight excluding hydrogens is 338 g/mol. The topological polar surface area (TPSA) is 29.1 Å². The van der Waals surface area contributed by atoms with Gasteiger partial charge in [-0.05, 0) is 0 Å². The molecule has 0 spiro atoms. The molecule has 0 aromatic heterocycles. The molecule has 0 aliphatic heterocycles. The van der Waals surface area contributed by atoms with Crippen LogP contribution in [-0.4, -0.2) is 28.2 Å². The van der Waals surface area contributed by atoms with Crippen molar-refractivity contribution >= 4 is 33.9 Å². The van der Waals surface area contributed by atoms with Crippen LogP contribution >= 0.6 is 0 Å². The van der Waals surface area contributed by atoms with Crippen LogP contribution < -0.4 is 5.32 Å². The first-order chi connectivity index (χ1) is 8.66. The van der Waals surface area contributed by atoms with E-state index in [1.54, 1.807) is 22.3 Å². The van der Waals surface area contributed by atoms with Crippen molar-refractivity contribution in [1.29, 1.82) is 0 Å². The molecule has 0 radical (unpaired) electrons. The van der Waals surface area contributed by atoms with Crippen LogP contribution in [0.4, 0.5) is 5.69 Å². The van der Waals surface area contributed by atoms with Gasteiger partial charge >= 0.3 is 121 Å². The van der Waals surface area contributed by atoms with E-state index in [-0.39, 0.29) is 5.91 Å². The Morgan fingerprint density at radius 2 is 1.67 bits per heavy atom. The van der Waals surface area contributed by atoms with Crippen molar-refractivity contribution in [2.24, 2.45) is 0 Å². The van der Waals surface area contributed by atoms with Crippen molar-refractivity contribution in [3.63, 3.8) is 0 Å². The molecule has 2 aromatic carbocycles. The van der Waals surface area contributed by atoms with E-state index < -0.39 is 0 Å². The molecule has 92 valence electrons. The fraction of sp³-hybridized carbons (Fsp3) is 0.133. The molecule has 2 nitrogen and oxygen atoms in total. The summed E-state index contributed by atoms with van der Waals surface area (Å²) in [7, 11) is 0. The number of rotatable bonds is 3. The van der Waals surface area contributed by atoms with Gasteiger partial charge in [-0.2, -0.15) is 0 Å². The van der Waals surface area contributed by atoms with E-state index in [4.69, 9.17) is 0 Å². The number of benzene rings is 2. The molecule has 3 heteroatoms. The Balaban J connectivity index is 2.10. The molecule has 0 heterocycles. The van der Waals surface area contributed by atoms with Crippen molar-refractivity contribution in [2.75, 3.05) is 5.32 Å². The summed E-state index contributed by atoms with van der Waals surface area (Å²) in [5.41, 5.74) is 2.77. The van der Waals surface area contributed by atoms with Crippen molar-refractivity contribution in [1.82, 2.24) is 0 Å². The summed E-state index contributed by atoms with van der Waals surface area (Å²) in [4.78, 5) is 12.0. The van der Waals surface area contributed by atoms with Gasteiger partial charge in [0.25, 0.3) is 0 Å². The maximum atomic E-state index is 12.0. The molecule has 2 rings (SSSR count). The number of para-hydroxylation sites is 1. The number of nitrogens with one attached hydrogen (secondary N) is 1. The molecule has 1 amide bonds. The number of carbonyl (C=O) groups excluding carboxylic acids is 1. The van der Waals surface area contributed by atoms with Gasteiger partial charge in [0, 0.05) is 0 Å². The van der Waals surface area contributed by atoms with E-state index in [1.807, 2.05) is 54.6 Å². The molecule has 0 aliphatic rings. The zero-order chi connectivity index (χ0) is 13.0. The summed E-state index contributed by atoms with van der Waals surface area (Å²) in [5, 5.41) is 2.87. The minimum absolute atomic E-state index is 0.0686. The van der Waals surface area contributed by atoms with Crippen molar-refractivity contribution < 1.29 is 4.79 Å². The minimum atomic E-state index is -0.0686. The van der Waals surface area contributed by atoms with E-state index in [9.17, 15) is 4.79 Å². The molecule has 0 fully saturated rings. The fourth-order valence-electron chi connectivity index (χ4n) is 1.64. The van der Waals surface area contributed by atoms with Crippen molar-refractivity contribution in [3.8, 4) is 0 Å². The average molecular weight is 353 g/mol. The van der Waals surface area contributed by atoms with E-state index in [2.05, 4.69) is 12.2 Å². The van der Waals surface area contributed by atoms with E-state index in [0.717, 1.165) is 5.69 Å². The first-order valence-corrected chi connectivity index (χ1v) is 7.28. The van der Waals surface area contributed by atoms with Crippen LogP contribution in [0.25, 0.3) is 0 Å². The second-order valence-electron chi connectivity index (χ2n) is 4.12. The first-order valence-electron chi connectivity index (χ1n) is 5.81. The predicted octanol–water partition coefficient (Wildman–Crippen LogP) is 2.90. The van der Waals surface area contributed by atoms with E-state index in [1.165, 1.54) is 5.56 Å². The van der Waals surface area contributed by atoms with Crippen LogP contribution in [0.1, 0.15) is 26.8 Å². The third-order valence-electron chi connectivity index (χ3n) is 2.69. The molecule has 0 saturated carbocycles. The van der Waals surface area contributed by atoms with Gasteiger partial charge in [0.2, 0.25) is 0 Å². The van der Waals surface area contributed by atoms with Gasteiger partial charge in [-0.15, -0.1) is 0 Å². The Bertz CT molecular complexity index is 520. The zero-order valence-corrected chi connectivity index (χ0v) is 12.7. The Morgan fingerprint density at radius 3 is 2.22 bits per heavy atom. The second-order valence-corrected chi connectivity index (χ2v) is 6.33. The summed E-state index contributed by atoms with van der Waals surface area (Å²) < 4.78 is 0.533. The van der Waals surface area contributed by atoms with Crippen LogP contribution in [0.5, 0.6) is 0 Å². The zero-order valence-electron chi connectivity index (χ0n) is 10.1. The number of carbonyl (C=O) groups is 1. The molecule has 18 heavy (non-hydrogen) atoms. The Morgan fingerprint density at radius 1 is 1.06 bits per heavy atom. The van der Waals surface area contributed by atoms with E-state index >= 15 is 0 Å². The van der Waals surface area contributed by atoms with Gasteiger partial charge in [0.15, 0.2) is 0 Å². The quantitative estimate of drug-likeness (QED) is 0.845. The molecule has 0 bridgehead atoms. The number of amides is 1.